The molecule has 2 rings (SSSR count). The zero-order valence-corrected chi connectivity index (χ0v) is 11.0. The molecule has 0 saturated carbocycles. The van der Waals surface area contributed by atoms with Crippen LogP contribution in [-0.2, 0) is 14.8 Å². The van der Waals surface area contributed by atoms with Crippen LogP contribution >= 0.6 is 0 Å². The van der Waals surface area contributed by atoms with Crippen LogP contribution in [0.15, 0.2) is 23.4 Å². The van der Waals surface area contributed by atoms with Gasteiger partial charge in [0.15, 0.2) is 5.82 Å². The van der Waals surface area contributed by atoms with Gasteiger partial charge in [0.05, 0.1) is 5.60 Å². The summed E-state index contributed by atoms with van der Waals surface area (Å²) in [5.74, 6) is -0.922. The van der Waals surface area contributed by atoms with Crippen LogP contribution < -0.4 is 4.72 Å². The molecule has 1 fully saturated rings. The number of hydrogen-bond acceptors (Lipinski definition) is 5. The Bertz CT molecular complexity index is 543. The summed E-state index contributed by atoms with van der Waals surface area (Å²) in [5, 5.41) is 9.47. The van der Waals surface area contributed by atoms with Gasteiger partial charge in [-0.2, -0.15) is 0 Å². The predicted octanol–water partition coefficient (Wildman–Crippen LogP) is 0.0405. The van der Waals surface area contributed by atoms with E-state index in [0.717, 1.165) is 6.07 Å². The van der Waals surface area contributed by atoms with Crippen molar-refractivity contribution < 1.29 is 22.7 Å². The first kappa shape index (κ1) is 14.3. The maximum atomic E-state index is 13.4. The summed E-state index contributed by atoms with van der Waals surface area (Å²) in [6.45, 7) is 0.557. The van der Waals surface area contributed by atoms with Crippen LogP contribution in [0, 0.1) is 5.82 Å². The van der Waals surface area contributed by atoms with Crippen LogP contribution in [0.25, 0.3) is 0 Å². The van der Waals surface area contributed by atoms with Crippen molar-refractivity contribution in [3.63, 3.8) is 0 Å². The molecule has 2 heterocycles. The Morgan fingerprint density at radius 3 is 2.79 bits per heavy atom. The van der Waals surface area contributed by atoms with Crippen molar-refractivity contribution in [2.45, 2.75) is 23.5 Å². The molecule has 0 unspecified atom stereocenters. The number of pyridine rings is 1. The molecule has 1 aliphatic heterocycles. The number of halogens is 1. The minimum Gasteiger partial charge on any atom is -0.388 e. The van der Waals surface area contributed by atoms with E-state index in [2.05, 4.69) is 9.71 Å². The third kappa shape index (κ3) is 3.47. The Labute approximate surface area is 110 Å². The molecule has 1 saturated heterocycles. The average Bonchev–Trinajstić information content (AvgIpc) is 2.38. The molecule has 0 bridgehead atoms. The number of aliphatic hydroxyl groups is 1. The smallest absolute Gasteiger partial charge is 0.261 e. The molecule has 0 spiro atoms. The maximum Gasteiger partial charge on any atom is 0.261 e. The van der Waals surface area contributed by atoms with E-state index in [1.165, 1.54) is 12.3 Å². The van der Waals surface area contributed by atoms with Gasteiger partial charge in [-0.15, -0.1) is 0 Å². The van der Waals surface area contributed by atoms with E-state index >= 15 is 0 Å². The zero-order valence-electron chi connectivity index (χ0n) is 10.2. The van der Waals surface area contributed by atoms with E-state index in [-0.39, 0.29) is 6.54 Å². The molecule has 1 aromatic rings. The van der Waals surface area contributed by atoms with Crippen molar-refractivity contribution in [3.8, 4) is 0 Å². The number of rotatable bonds is 4. The lowest BCUT2D eigenvalue weighted by molar-refractivity contribution is -0.0588. The van der Waals surface area contributed by atoms with Crippen LogP contribution in [0.4, 0.5) is 4.39 Å². The van der Waals surface area contributed by atoms with Crippen molar-refractivity contribution in [2.24, 2.45) is 0 Å². The first-order valence-corrected chi connectivity index (χ1v) is 7.32. The Kier molecular flexibility index (Phi) is 4.14. The molecule has 0 radical (unpaired) electrons. The molecule has 2 N–H and O–H groups in total. The van der Waals surface area contributed by atoms with E-state index in [0.29, 0.717) is 26.1 Å². The number of ether oxygens (including phenoxy) is 1. The molecule has 0 aromatic carbocycles. The summed E-state index contributed by atoms with van der Waals surface area (Å²) in [6.07, 6.45) is 1.86. The molecule has 0 atom stereocenters. The SMILES string of the molecule is O=S(=O)(NCC1(O)CCOCC1)c1ncccc1F. The van der Waals surface area contributed by atoms with Gasteiger partial charge < -0.3 is 9.84 Å². The lowest BCUT2D eigenvalue weighted by Gasteiger charge is -2.31. The number of nitrogens with one attached hydrogen (secondary N) is 1. The van der Waals surface area contributed by atoms with Gasteiger partial charge in [-0.25, -0.2) is 22.5 Å². The van der Waals surface area contributed by atoms with E-state index in [4.69, 9.17) is 4.74 Å². The van der Waals surface area contributed by atoms with Gasteiger partial charge in [0.25, 0.3) is 10.0 Å². The Morgan fingerprint density at radius 2 is 2.16 bits per heavy atom. The van der Waals surface area contributed by atoms with E-state index in [1.807, 2.05) is 0 Å². The monoisotopic (exact) mass is 290 g/mol. The van der Waals surface area contributed by atoms with Crippen LogP contribution in [0.5, 0.6) is 0 Å². The van der Waals surface area contributed by atoms with Crippen molar-refractivity contribution in [1.29, 1.82) is 0 Å². The van der Waals surface area contributed by atoms with Gasteiger partial charge in [-0.05, 0) is 12.1 Å². The van der Waals surface area contributed by atoms with Gasteiger partial charge in [0.2, 0.25) is 5.03 Å². The molecule has 0 aliphatic carbocycles. The lowest BCUT2D eigenvalue weighted by atomic mass is 9.95. The molecule has 1 aliphatic rings. The Balaban J connectivity index is 2.08. The zero-order chi connectivity index (χ0) is 13.9. The third-order valence-corrected chi connectivity index (χ3v) is 4.33. The normalized spacial score (nSPS) is 19.3. The average molecular weight is 290 g/mol. The van der Waals surface area contributed by atoms with Gasteiger partial charge >= 0.3 is 0 Å². The highest BCUT2D eigenvalue weighted by molar-refractivity contribution is 7.89. The highest BCUT2D eigenvalue weighted by Crippen LogP contribution is 2.20. The number of aromatic nitrogens is 1. The summed E-state index contributed by atoms with van der Waals surface area (Å²) in [6, 6.07) is 2.32. The molecular weight excluding hydrogens is 275 g/mol. The second-order valence-corrected chi connectivity index (χ2v) is 6.13. The summed E-state index contributed by atoms with van der Waals surface area (Å²) in [4.78, 5) is 3.50. The number of nitrogens with zero attached hydrogens (tertiary/aromatic N) is 1. The van der Waals surface area contributed by atoms with Crippen molar-refractivity contribution in [2.75, 3.05) is 19.8 Å². The first-order valence-electron chi connectivity index (χ1n) is 5.83. The maximum absolute atomic E-state index is 13.4. The summed E-state index contributed by atoms with van der Waals surface area (Å²) in [5.41, 5.74) is -1.16. The minimum absolute atomic E-state index is 0.186. The van der Waals surface area contributed by atoms with E-state index in [9.17, 15) is 17.9 Å². The molecule has 0 amide bonds. The largest absolute Gasteiger partial charge is 0.388 e. The highest BCUT2D eigenvalue weighted by Gasteiger charge is 2.32. The topological polar surface area (TPSA) is 88.5 Å². The van der Waals surface area contributed by atoms with Crippen molar-refractivity contribution >= 4 is 10.0 Å². The van der Waals surface area contributed by atoms with Crippen molar-refractivity contribution in [1.82, 2.24) is 9.71 Å². The molecule has 1 aromatic heterocycles. The van der Waals surface area contributed by atoms with Gasteiger partial charge in [-0.1, -0.05) is 0 Å². The number of hydrogen-bond donors (Lipinski definition) is 2. The fraction of sp³-hybridized carbons (Fsp3) is 0.545. The lowest BCUT2D eigenvalue weighted by Crippen LogP contribution is -2.46. The van der Waals surface area contributed by atoms with Crippen LogP contribution in [0.3, 0.4) is 0 Å². The number of sulfonamides is 1. The highest BCUT2D eigenvalue weighted by atomic mass is 32.2. The second-order valence-electron chi connectivity index (χ2n) is 4.45. The van der Waals surface area contributed by atoms with Gasteiger partial charge in [0.1, 0.15) is 0 Å². The fourth-order valence-corrected chi connectivity index (χ4v) is 2.91. The molecule has 6 nitrogen and oxygen atoms in total. The standard InChI is InChI=1S/C11H15FN2O4S/c12-9-2-1-5-13-10(9)19(16,17)14-8-11(15)3-6-18-7-4-11/h1-2,5,14-15H,3-4,6-8H2. The van der Waals surface area contributed by atoms with Crippen LogP contribution in [0.2, 0.25) is 0 Å². The molecule has 106 valence electrons. The molecule has 19 heavy (non-hydrogen) atoms. The minimum atomic E-state index is -4.07. The van der Waals surface area contributed by atoms with E-state index < -0.39 is 26.5 Å². The second kappa shape index (κ2) is 5.49. The fourth-order valence-electron chi connectivity index (χ4n) is 1.79. The predicted molar refractivity (Wildman–Crippen MR) is 64.4 cm³/mol. The Morgan fingerprint density at radius 1 is 1.47 bits per heavy atom. The van der Waals surface area contributed by atoms with Gasteiger partial charge in [-0.3, -0.25) is 0 Å². The summed E-state index contributed by atoms with van der Waals surface area (Å²) < 4.78 is 44.4. The first-order chi connectivity index (χ1) is 8.93. The quantitative estimate of drug-likeness (QED) is 0.817. The van der Waals surface area contributed by atoms with Crippen LogP contribution in [0.1, 0.15) is 12.8 Å². The van der Waals surface area contributed by atoms with Crippen molar-refractivity contribution in [3.05, 3.63) is 24.1 Å². The van der Waals surface area contributed by atoms with Crippen LogP contribution in [-0.4, -0.2) is 43.9 Å². The van der Waals surface area contributed by atoms with Gasteiger partial charge in [0, 0.05) is 38.8 Å². The van der Waals surface area contributed by atoms with E-state index in [1.54, 1.807) is 0 Å². The molecular formula is C11H15FN2O4S. The molecule has 8 heteroatoms. The third-order valence-electron chi connectivity index (χ3n) is 2.99. The Hall–Kier alpha value is -1.09. The summed E-state index contributed by atoms with van der Waals surface area (Å²) in [7, 11) is -4.07. The summed E-state index contributed by atoms with van der Waals surface area (Å²) >= 11 is 0.